The van der Waals surface area contributed by atoms with Gasteiger partial charge in [-0.05, 0) is 37.8 Å². The van der Waals surface area contributed by atoms with Gasteiger partial charge in [0.1, 0.15) is 5.82 Å². The van der Waals surface area contributed by atoms with Crippen molar-refractivity contribution in [3.05, 3.63) is 56.5 Å². The SMILES string of the molecule is CCCCn1c(=O)[nH]c(=O)c2c1nc(CN1c3ccccc3CC[C@@H]1C)n2C. The largest absolute Gasteiger partial charge is 0.361 e. The summed E-state index contributed by atoms with van der Waals surface area (Å²) in [5.41, 5.74) is 2.76. The van der Waals surface area contributed by atoms with Crippen LogP contribution in [0.15, 0.2) is 33.9 Å². The zero-order valence-electron chi connectivity index (χ0n) is 16.7. The standard InChI is InChI=1S/C21H27N5O2/c1-4-5-12-25-19-18(20(27)23-21(25)28)24(3)17(22-19)13-26-14(2)10-11-15-8-6-7-9-16(15)26/h6-9,14H,4-5,10-13H2,1-3H3,(H,23,27,28)/t14-/m0/s1. The predicted molar refractivity (Wildman–Crippen MR) is 111 cm³/mol. The Bertz CT molecular complexity index is 1120. The van der Waals surface area contributed by atoms with E-state index in [-0.39, 0.29) is 11.2 Å². The summed E-state index contributed by atoms with van der Waals surface area (Å²) < 4.78 is 3.43. The molecule has 3 heterocycles. The molecule has 0 bridgehead atoms. The summed E-state index contributed by atoms with van der Waals surface area (Å²) in [6, 6.07) is 8.85. The molecule has 1 aliphatic rings. The number of imidazole rings is 1. The number of hydrogen-bond acceptors (Lipinski definition) is 4. The molecule has 1 atom stereocenters. The van der Waals surface area contributed by atoms with E-state index in [1.807, 2.05) is 11.6 Å². The number of fused-ring (bicyclic) bond motifs is 2. The molecule has 3 aromatic rings. The third-order valence-corrected chi connectivity index (χ3v) is 5.82. The number of aryl methyl sites for hydroxylation is 3. The Balaban J connectivity index is 1.80. The highest BCUT2D eigenvalue weighted by Crippen LogP contribution is 2.31. The van der Waals surface area contributed by atoms with Gasteiger partial charge in [0.25, 0.3) is 5.56 Å². The van der Waals surface area contributed by atoms with E-state index in [9.17, 15) is 9.59 Å². The number of benzene rings is 1. The molecule has 0 saturated carbocycles. The number of nitrogens with one attached hydrogen (secondary N) is 1. The summed E-state index contributed by atoms with van der Waals surface area (Å²) in [5.74, 6) is 0.792. The maximum Gasteiger partial charge on any atom is 0.330 e. The van der Waals surface area contributed by atoms with Crippen molar-refractivity contribution in [3.63, 3.8) is 0 Å². The van der Waals surface area contributed by atoms with Gasteiger partial charge in [0, 0.05) is 25.3 Å². The number of nitrogens with zero attached hydrogens (tertiary/aromatic N) is 4. The first-order chi connectivity index (χ1) is 13.5. The van der Waals surface area contributed by atoms with Crippen LogP contribution in [-0.4, -0.2) is 25.1 Å². The number of aromatic amines is 1. The van der Waals surface area contributed by atoms with Gasteiger partial charge in [0.2, 0.25) is 0 Å². The maximum absolute atomic E-state index is 12.5. The minimum absolute atomic E-state index is 0.374. The number of H-pyrrole nitrogens is 1. The molecule has 148 valence electrons. The summed E-state index contributed by atoms with van der Waals surface area (Å²) in [5, 5.41) is 0. The Morgan fingerprint density at radius 2 is 2.04 bits per heavy atom. The van der Waals surface area contributed by atoms with Crippen LogP contribution in [0, 0.1) is 0 Å². The summed E-state index contributed by atoms with van der Waals surface area (Å²) >= 11 is 0. The van der Waals surface area contributed by atoms with Crippen molar-refractivity contribution in [1.82, 2.24) is 19.1 Å². The Morgan fingerprint density at radius 1 is 1.25 bits per heavy atom. The Hall–Kier alpha value is -2.83. The molecular weight excluding hydrogens is 354 g/mol. The lowest BCUT2D eigenvalue weighted by Crippen LogP contribution is -2.37. The van der Waals surface area contributed by atoms with Crippen molar-refractivity contribution in [2.45, 2.75) is 58.7 Å². The molecule has 0 spiro atoms. The zero-order chi connectivity index (χ0) is 19.8. The average molecular weight is 381 g/mol. The van der Waals surface area contributed by atoms with Gasteiger partial charge < -0.3 is 9.47 Å². The number of hydrogen-bond donors (Lipinski definition) is 1. The van der Waals surface area contributed by atoms with Crippen LogP contribution in [0.2, 0.25) is 0 Å². The number of rotatable bonds is 5. The van der Waals surface area contributed by atoms with Crippen LogP contribution >= 0.6 is 0 Å². The molecule has 1 aromatic carbocycles. The average Bonchev–Trinajstić information content (AvgIpc) is 3.00. The molecule has 1 aliphatic heterocycles. The third-order valence-electron chi connectivity index (χ3n) is 5.82. The molecule has 0 amide bonds. The van der Waals surface area contributed by atoms with E-state index in [0.717, 1.165) is 31.5 Å². The zero-order valence-corrected chi connectivity index (χ0v) is 16.7. The highest BCUT2D eigenvalue weighted by Gasteiger charge is 2.25. The van der Waals surface area contributed by atoms with Crippen molar-refractivity contribution in [1.29, 1.82) is 0 Å². The molecule has 7 nitrogen and oxygen atoms in total. The van der Waals surface area contributed by atoms with E-state index in [0.29, 0.717) is 30.3 Å². The van der Waals surface area contributed by atoms with E-state index < -0.39 is 0 Å². The van der Waals surface area contributed by atoms with E-state index in [2.05, 4.69) is 48.0 Å². The number of para-hydroxylation sites is 1. The van der Waals surface area contributed by atoms with Crippen LogP contribution in [0.5, 0.6) is 0 Å². The summed E-state index contributed by atoms with van der Waals surface area (Å²) in [7, 11) is 1.86. The van der Waals surface area contributed by atoms with Gasteiger partial charge in [-0.2, -0.15) is 0 Å². The van der Waals surface area contributed by atoms with Crippen molar-refractivity contribution in [3.8, 4) is 0 Å². The molecule has 2 aromatic heterocycles. The first kappa shape index (κ1) is 18.5. The van der Waals surface area contributed by atoms with Crippen molar-refractivity contribution < 1.29 is 0 Å². The van der Waals surface area contributed by atoms with Crippen molar-refractivity contribution >= 4 is 16.9 Å². The lowest BCUT2D eigenvalue weighted by atomic mass is 9.97. The number of unbranched alkanes of at least 4 members (excludes halogenated alkanes) is 1. The van der Waals surface area contributed by atoms with Gasteiger partial charge in [0.15, 0.2) is 11.2 Å². The summed E-state index contributed by atoms with van der Waals surface area (Å²) in [4.78, 5) is 34.4. The molecule has 1 N–H and O–H groups in total. The number of aromatic nitrogens is 4. The van der Waals surface area contributed by atoms with Gasteiger partial charge in [-0.3, -0.25) is 14.3 Å². The predicted octanol–water partition coefficient (Wildman–Crippen LogP) is 2.56. The lowest BCUT2D eigenvalue weighted by Gasteiger charge is -2.36. The molecule has 28 heavy (non-hydrogen) atoms. The first-order valence-corrected chi connectivity index (χ1v) is 10.0. The van der Waals surface area contributed by atoms with Gasteiger partial charge in [0.05, 0.1) is 6.54 Å². The summed E-state index contributed by atoms with van der Waals surface area (Å²) in [6.45, 7) is 5.46. The van der Waals surface area contributed by atoms with Crippen molar-refractivity contribution in [2.75, 3.05) is 4.90 Å². The van der Waals surface area contributed by atoms with Gasteiger partial charge in [-0.25, -0.2) is 9.78 Å². The van der Waals surface area contributed by atoms with E-state index in [1.54, 1.807) is 4.57 Å². The van der Waals surface area contributed by atoms with E-state index in [4.69, 9.17) is 4.98 Å². The molecule has 0 radical (unpaired) electrons. The first-order valence-electron chi connectivity index (χ1n) is 10.0. The topological polar surface area (TPSA) is 75.9 Å². The fourth-order valence-corrected chi connectivity index (χ4v) is 4.11. The smallest absolute Gasteiger partial charge is 0.330 e. The highest BCUT2D eigenvalue weighted by atomic mass is 16.2. The van der Waals surface area contributed by atoms with Crippen LogP contribution < -0.4 is 16.1 Å². The molecule has 0 saturated heterocycles. The third kappa shape index (κ3) is 3.04. The number of anilines is 1. The van der Waals surface area contributed by atoms with Gasteiger partial charge in [-0.1, -0.05) is 31.5 Å². The second-order valence-electron chi connectivity index (χ2n) is 7.67. The molecule has 4 rings (SSSR count). The van der Waals surface area contributed by atoms with Gasteiger partial charge >= 0.3 is 5.69 Å². The maximum atomic E-state index is 12.5. The molecule has 0 unspecified atom stereocenters. The fourth-order valence-electron chi connectivity index (χ4n) is 4.11. The second-order valence-corrected chi connectivity index (χ2v) is 7.67. The van der Waals surface area contributed by atoms with E-state index in [1.165, 1.54) is 11.3 Å². The van der Waals surface area contributed by atoms with Crippen LogP contribution in [0.4, 0.5) is 5.69 Å². The van der Waals surface area contributed by atoms with Gasteiger partial charge in [-0.15, -0.1) is 0 Å². The van der Waals surface area contributed by atoms with Crippen LogP contribution in [-0.2, 0) is 26.6 Å². The van der Waals surface area contributed by atoms with E-state index >= 15 is 0 Å². The molecule has 7 heteroatoms. The Kier molecular flexibility index (Phi) is 4.83. The Morgan fingerprint density at radius 3 is 2.82 bits per heavy atom. The molecule has 0 aliphatic carbocycles. The second kappa shape index (κ2) is 7.30. The molecule has 0 fully saturated rings. The van der Waals surface area contributed by atoms with Crippen LogP contribution in [0.25, 0.3) is 11.2 Å². The highest BCUT2D eigenvalue weighted by molar-refractivity contribution is 5.71. The van der Waals surface area contributed by atoms with Crippen molar-refractivity contribution in [2.24, 2.45) is 7.05 Å². The monoisotopic (exact) mass is 381 g/mol. The van der Waals surface area contributed by atoms with Crippen LogP contribution in [0.1, 0.15) is 44.5 Å². The summed E-state index contributed by atoms with van der Waals surface area (Å²) in [6.07, 6.45) is 3.99. The molecular formula is C21H27N5O2. The minimum atomic E-state index is -0.382. The lowest BCUT2D eigenvalue weighted by molar-refractivity contribution is 0.547. The minimum Gasteiger partial charge on any atom is -0.361 e. The fraction of sp³-hybridized carbons (Fsp3) is 0.476. The Labute approximate surface area is 163 Å². The van der Waals surface area contributed by atoms with Crippen LogP contribution in [0.3, 0.4) is 0 Å². The normalized spacial score (nSPS) is 16.5. The quantitative estimate of drug-likeness (QED) is 0.737.